The Labute approximate surface area is 125 Å². The van der Waals surface area contributed by atoms with Crippen molar-refractivity contribution in [1.29, 1.82) is 5.26 Å². The molecule has 1 heterocycles. The van der Waals surface area contributed by atoms with Gasteiger partial charge in [-0.1, -0.05) is 6.07 Å². The zero-order valence-corrected chi connectivity index (χ0v) is 11.6. The Morgan fingerprint density at radius 2 is 2.27 bits per heavy atom. The molecule has 7 nitrogen and oxygen atoms in total. The highest BCUT2D eigenvalue weighted by atomic mass is 16.6. The number of aromatic hydroxyl groups is 1. The number of methoxy groups -OCH3 is 1. The number of aromatic nitrogens is 1. The first-order valence-corrected chi connectivity index (χ1v) is 6.15. The van der Waals surface area contributed by atoms with Crippen molar-refractivity contribution in [2.75, 3.05) is 7.11 Å². The number of hydrogen-bond donors (Lipinski definition) is 1. The maximum atomic E-state index is 11.0. The third kappa shape index (κ3) is 3.02. The first kappa shape index (κ1) is 15.0. The number of nitriles is 1. The number of pyridine rings is 1. The van der Waals surface area contributed by atoms with Crippen molar-refractivity contribution in [2.45, 2.75) is 0 Å². The molecule has 2 rings (SSSR count). The molecular formula is C15H11N3O4. The highest BCUT2D eigenvalue weighted by Gasteiger charge is 2.20. The molecule has 7 heteroatoms. The second kappa shape index (κ2) is 6.37. The largest absolute Gasteiger partial charge is 0.504 e. The van der Waals surface area contributed by atoms with Crippen molar-refractivity contribution < 1.29 is 14.8 Å². The van der Waals surface area contributed by atoms with Crippen LogP contribution < -0.4 is 4.74 Å². The molecule has 2 aromatic rings. The number of nitro groups is 1. The quantitative estimate of drug-likeness (QED) is 0.528. The molecule has 110 valence electrons. The molecule has 0 aliphatic heterocycles. The van der Waals surface area contributed by atoms with Crippen LogP contribution in [0.15, 0.2) is 36.5 Å². The minimum Gasteiger partial charge on any atom is -0.504 e. The normalized spacial score (nSPS) is 10.8. The molecule has 22 heavy (non-hydrogen) atoms. The van der Waals surface area contributed by atoms with E-state index in [2.05, 4.69) is 4.98 Å². The van der Waals surface area contributed by atoms with Gasteiger partial charge in [0.15, 0.2) is 5.75 Å². The molecule has 0 aliphatic rings. The number of phenolic OH excluding ortho intramolecular Hbond substituents is 1. The predicted octanol–water partition coefficient (Wildman–Crippen LogP) is 2.77. The second-order valence-corrected chi connectivity index (χ2v) is 4.23. The van der Waals surface area contributed by atoms with Crippen LogP contribution in [0.4, 0.5) is 5.69 Å². The van der Waals surface area contributed by atoms with Crippen molar-refractivity contribution >= 4 is 17.3 Å². The maximum absolute atomic E-state index is 11.0. The van der Waals surface area contributed by atoms with Crippen LogP contribution in [-0.4, -0.2) is 22.1 Å². The Balaban J connectivity index is 2.56. The second-order valence-electron chi connectivity index (χ2n) is 4.23. The summed E-state index contributed by atoms with van der Waals surface area (Å²) in [4.78, 5) is 14.4. The highest BCUT2D eigenvalue weighted by Crippen LogP contribution is 2.37. The summed E-state index contributed by atoms with van der Waals surface area (Å²) in [7, 11) is 1.23. The number of rotatable bonds is 4. The van der Waals surface area contributed by atoms with Crippen molar-refractivity contribution in [3.05, 3.63) is 57.9 Å². The van der Waals surface area contributed by atoms with Crippen LogP contribution in [0.3, 0.4) is 0 Å². The molecule has 0 radical (unpaired) electrons. The van der Waals surface area contributed by atoms with Crippen LogP contribution in [0, 0.1) is 21.4 Å². The zero-order chi connectivity index (χ0) is 16.1. The van der Waals surface area contributed by atoms with Gasteiger partial charge in [0.1, 0.15) is 6.07 Å². The molecule has 0 saturated heterocycles. The molecule has 0 aliphatic carbocycles. The minimum absolute atomic E-state index is 0.222. The van der Waals surface area contributed by atoms with Gasteiger partial charge in [-0.25, -0.2) is 0 Å². The molecule has 0 spiro atoms. The lowest BCUT2D eigenvalue weighted by molar-refractivity contribution is -0.385. The number of benzene rings is 1. The molecule has 0 saturated carbocycles. The number of hydrogen-bond acceptors (Lipinski definition) is 6. The SMILES string of the molecule is COc1c(O)cc(/C=C(\C#N)c2ccccn2)cc1[N+](=O)[O-]. The van der Waals surface area contributed by atoms with Crippen molar-refractivity contribution in [3.8, 4) is 17.6 Å². The maximum Gasteiger partial charge on any atom is 0.315 e. The Hall–Kier alpha value is -3.40. The standard InChI is InChI=1S/C15H11N3O4/c1-22-15-13(18(20)21)7-10(8-14(15)19)6-11(9-16)12-4-2-3-5-17-12/h2-8,19H,1H3/b11-6+. The van der Waals surface area contributed by atoms with Gasteiger partial charge in [0, 0.05) is 12.3 Å². The van der Waals surface area contributed by atoms with E-state index in [0.717, 1.165) is 0 Å². The minimum atomic E-state index is -0.664. The topological polar surface area (TPSA) is 109 Å². The lowest BCUT2D eigenvalue weighted by Crippen LogP contribution is -1.95. The average Bonchev–Trinajstić information content (AvgIpc) is 2.52. The van der Waals surface area contributed by atoms with E-state index in [1.165, 1.54) is 31.5 Å². The number of allylic oxidation sites excluding steroid dienone is 1. The van der Waals surface area contributed by atoms with Crippen LogP contribution in [0.1, 0.15) is 11.3 Å². The Morgan fingerprint density at radius 3 is 2.82 bits per heavy atom. The lowest BCUT2D eigenvalue weighted by atomic mass is 10.1. The number of nitro benzene ring substituents is 1. The van der Waals surface area contributed by atoms with Gasteiger partial charge in [-0.2, -0.15) is 5.26 Å². The van der Waals surface area contributed by atoms with Crippen LogP contribution in [-0.2, 0) is 0 Å². The lowest BCUT2D eigenvalue weighted by Gasteiger charge is -2.06. The van der Waals surface area contributed by atoms with E-state index in [1.54, 1.807) is 18.2 Å². The predicted molar refractivity (Wildman–Crippen MR) is 79.0 cm³/mol. The van der Waals surface area contributed by atoms with E-state index in [4.69, 9.17) is 4.74 Å². The van der Waals surface area contributed by atoms with E-state index in [9.17, 15) is 20.5 Å². The van der Waals surface area contributed by atoms with Crippen LogP contribution in [0.25, 0.3) is 11.6 Å². The summed E-state index contributed by atoms with van der Waals surface area (Å²) in [6.07, 6.45) is 2.95. The summed E-state index contributed by atoms with van der Waals surface area (Å²) >= 11 is 0. The summed E-state index contributed by atoms with van der Waals surface area (Å²) in [5.74, 6) is -0.597. The third-order valence-corrected chi connectivity index (χ3v) is 2.85. The van der Waals surface area contributed by atoms with Gasteiger partial charge in [0.25, 0.3) is 0 Å². The molecule has 0 amide bonds. The molecule has 0 bridgehead atoms. The smallest absolute Gasteiger partial charge is 0.315 e. The summed E-state index contributed by atoms with van der Waals surface area (Å²) in [5.41, 5.74) is 0.571. The fourth-order valence-corrected chi connectivity index (χ4v) is 1.90. The fourth-order valence-electron chi connectivity index (χ4n) is 1.90. The van der Waals surface area contributed by atoms with Gasteiger partial charge in [0.2, 0.25) is 5.75 Å². The molecular weight excluding hydrogens is 286 g/mol. The van der Waals surface area contributed by atoms with Crippen molar-refractivity contribution in [2.24, 2.45) is 0 Å². The van der Waals surface area contributed by atoms with Crippen LogP contribution >= 0.6 is 0 Å². The summed E-state index contributed by atoms with van der Waals surface area (Å²) in [6, 6.07) is 9.56. The van der Waals surface area contributed by atoms with Crippen LogP contribution in [0.2, 0.25) is 0 Å². The van der Waals surface area contributed by atoms with Gasteiger partial charge in [0.05, 0.1) is 23.3 Å². The van der Waals surface area contributed by atoms with E-state index in [0.29, 0.717) is 11.3 Å². The number of ether oxygens (including phenoxy) is 1. The fraction of sp³-hybridized carbons (Fsp3) is 0.0667. The molecule has 1 aromatic carbocycles. The average molecular weight is 297 g/mol. The van der Waals surface area contributed by atoms with Gasteiger partial charge < -0.3 is 9.84 Å². The van der Waals surface area contributed by atoms with Gasteiger partial charge in [-0.3, -0.25) is 15.1 Å². The van der Waals surface area contributed by atoms with E-state index in [-0.39, 0.29) is 22.8 Å². The monoisotopic (exact) mass is 297 g/mol. The van der Waals surface area contributed by atoms with Gasteiger partial charge in [-0.05, 0) is 29.8 Å². The Kier molecular flexibility index (Phi) is 4.34. The van der Waals surface area contributed by atoms with Crippen molar-refractivity contribution in [1.82, 2.24) is 4.98 Å². The summed E-state index contributed by atoms with van der Waals surface area (Å²) in [6.45, 7) is 0. The van der Waals surface area contributed by atoms with E-state index >= 15 is 0 Å². The molecule has 1 N–H and O–H groups in total. The number of nitrogens with zero attached hydrogens (tertiary/aromatic N) is 3. The van der Waals surface area contributed by atoms with E-state index in [1.807, 2.05) is 6.07 Å². The van der Waals surface area contributed by atoms with E-state index < -0.39 is 4.92 Å². The summed E-state index contributed by atoms with van der Waals surface area (Å²) < 4.78 is 4.82. The third-order valence-electron chi connectivity index (χ3n) is 2.85. The van der Waals surface area contributed by atoms with Crippen LogP contribution in [0.5, 0.6) is 11.5 Å². The van der Waals surface area contributed by atoms with Gasteiger partial charge >= 0.3 is 5.69 Å². The molecule has 0 unspecified atom stereocenters. The Bertz CT molecular complexity index is 779. The number of phenols is 1. The molecule has 1 aromatic heterocycles. The zero-order valence-electron chi connectivity index (χ0n) is 11.6. The molecule has 0 atom stereocenters. The first-order valence-electron chi connectivity index (χ1n) is 6.15. The first-order chi connectivity index (χ1) is 10.6. The van der Waals surface area contributed by atoms with Gasteiger partial charge in [-0.15, -0.1) is 0 Å². The summed E-state index contributed by atoms with van der Waals surface area (Å²) in [5, 5.41) is 30.1. The van der Waals surface area contributed by atoms with Crippen molar-refractivity contribution in [3.63, 3.8) is 0 Å². The Morgan fingerprint density at radius 1 is 1.50 bits per heavy atom. The highest BCUT2D eigenvalue weighted by molar-refractivity contribution is 5.89. The molecule has 0 fully saturated rings.